The third-order valence-corrected chi connectivity index (χ3v) is 19.8. The minimum atomic E-state index is -0.949. The molecule has 4 fully saturated rings. The molecule has 0 bridgehead atoms. The molecule has 6 aromatic rings. The fourth-order valence-electron chi connectivity index (χ4n) is 13.2. The molecule has 4 saturated heterocycles. The van der Waals surface area contributed by atoms with Crippen molar-refractivity contribution in [3.63, 3.8) is 0 Å². The smallest absolute Gasteiger partial charge is 0.340 e. The molecule has 0 aliphatic carbocycles. The number of ether oxygens (including phenoxy) is 10. The van der Waals surface area contributed by atoms with Gasteiger partial charge in [-0.25, -0.2) is 28.8 Å². The Balaban J connectivity index is 0.000000183. The first-order valence-corrected chi connectivity index (χ1v) is 33.7. The maximum Gasteiger partial charge on any atom is 0.340 e. The number of hydrogen-bond acceptors (Lipinski definition) is 16. The minimum absolute atomic E-state index is 0.0241. The molecule has 6 unspecified atom stereocenters. The van der Waals surface area contributed by atoms with Crippen molar-refractivity contribution in [2.75, 3.05) is 0 Å². The van der Waals surface area contributed by atoms with E-state index in [1.165, 1.54) is 0 Å². The van der Waals surface area contributed by atoms with Crippen LogP contribution in [-0.2, 0) is 47.4 Å². The molecule has 16 nitrogen and oxygen atoms in total. The predicted molar refractivity (Wildman–Crippen MR) is 367 cm³/mol. The van der Waals surface area contributed by atoms with E-state index < -0.39 is 83.7 Å². The first-order valence-electron chi connectivity index (χ1n) is 33.7. The van der Waals surface area contributed by atoms with E-state index in [2.05, 4.69) is 41.5 Å². The van der Waals surface area contributed by atoms with Gasteiger partial charge in [-0.2, -0.15) is 0 Å². The number of carbonyl (C=O) groups excluding carboxylic acids is 6. The number of rotatable bonds is 20. The topological polar surface area (TPSA) is 195 Å². The molecule has 508 valence electrons. The Morgan fingerprint density at radius 3 is 0.667 bits per heavy atom. The zero-order valence-corrected chi connectivity index (χ0v) is 57.6. The lowest BCUT2D eigenvalue weighted by molar-refractivity contribution is -0.137. The summed E-state index contributed by atoms with van der Waals surface area (Å²) in [5.74, 6) is -2.59. The highest BCUT2D eigenvalue weighted by molar-refractivity contribution is 6.12. The van der Waals surface area contributed by atoms with E-state index in [-0.39, 0.29) is 47.2 Å². The van der Waals surface area contributed by atoms with E-state index in [4.69, 9.17) is 63.1 Å². The van der Waals surface area contributed by atoms with Crippen molar-refractivity contribution in [3.8, 4) is 0 Å². The molecular formula is C78H94B2O16. The summed E-state index contributed by atoms with van der Waals surface area (Å²) in [4.78, 5) is 74.9. The van der Waals surface area contributed by atoms with E-state index in [0.29, 0.717) is 33.4 Å². The molecule has 0 amide bonds. The molecular weight excluding hydrogens is 1210 g/mol. The summed E-state index contributed by atoms with van der Waals surface area (Å²) in [5.41, 5.74) is 1.45. The predicted octanol–water partition coefficient (Wildman–Crippen LogP) is 15.1. The Morgan fingerprint density at radius 2 is 0.469 bits per heavy atom. The second kappa shape index (κ2) is 34.9. The largest absolute Gasteiger partial charge is 0.456 e. The quantitative estimate of drug-likeness (QED) is 0.0397. The lowest BCUT2D eigenvalue weighted by Crippen LogP contribution is -2.42. The van der Waals surface area contributed by atoms with Crippen molar-refractivity contribution in [3.05, 3.63) is 215 Å². The molecule has 4 aliphatic heterocycles. The molecule has 16 atom stereocenters. The van der Waals surface area contributed by atoms with Crippen LogP contribution in [-0.4, -0.2) is 125 Å². The van der Waals surface area contributed by atoms with Gasteiger partial charge in [-0.15, -0.1) is 0 Å². The summed E-state index contributed by atoms with van der Waals surface area (Å²) in [5, 5.41) is 0. The van der Waals surface area contributed by atoms with Crippen LogP contribution >= 0.6 is 0 Å². The van der Waals surface area contributed by atoms with Gasteiger partial charge in [0, 0.05) is 21.7 Å². The summed E-state index contributed by atoms with van der Waals surface area (Å²) in [7, 11) is 12.0. The van der Waals surface area contributed by atoms with Gasteiger partial charge in [-0.3, -0.25) is 0 Å². The zero-order chi connectivity index (χ0) is 69.8. The highest BCUT2D eigenvalue weighted by atomic mass is 16.7. The van der Waals surface area contributed by atoms with E-state index in [1.54, 1.807) is 121 Å². The van der Waals surface area contributed by atoms with Crippen molar-refractivity contribution < 1.29 is 76.1 Å². The Bertz CT molecular complexity index is 3200. The molecule has 0 N–H and O–H groups in total. The summed E-state index contributed by atoms with van der Waals surface area (Å²) in [6, 6.07) is 51.9. The van der Waals surface area contributed by atoms with Gasteiger partial charge in [-0.05, 0) is 124 Å². The molecule has 10 rings (SSSR count). The van der Waals surface area contributed by atoms with E-state index in [0.717, 1.165) is 51.4 Å². The van der Waals surface area contributed by atoms with Crippen LogP contribution in [0.3, 0.4) is 0 Å². The Kier molecular flexibility index (Phi) is 27.4. The van der Waals surface area contributed by atoms with Crippen molar-refractivity contribution in [1.29, 1.82) is 0 Å². The second-order valence-corrected chi connectivity index (χ2v) is 25.5. The normalized spacial score (nSPS) is 29.3. The Hall–Kier alpha value is -7.89. The molecule has 0 spiro atoms. The van der Waals surface area contributed by atoms with Gasteiger partial charge in [0.25, 0.3) is 0 Å². The average Bonchev–Trinajstić information content (AvgIpc) is 1.64. The number of benzene rings is 6. The fourth-order valence-corrected chi connectivity index (χ4v) is 13.2. The van der Waals surface area contributed by atoms with Crippen LogP contribution in [0.5, 0.6) is 0 Å². The molecule has 0 saturated carbocycles. The number of hydrogen-bond donors (Lipinski definition) is 0. The van der Waals surface area contributed by atoms with E-state index in [1.807, 2.05) is 102 Å². The molecule has 96 heavy (non-hydrogen) atoms. The molecule has 4 aliphatic rings. The third-order valence-electron chi connectivity index (χ3n) is 19.8. The summed E-state index contributed by atoms with van der Waals surface area (Å²) in [6.07, 6.45) is 1.90. The average molecular weight is 1310 g/mol. The van der Waals surface area contributed by atoms with Crippen LogP contribution in [0, 0.1) is 21.7 Å². The van der Waals surface area contributed by atoms with E-state index >= 15 is 0 Å². The molecule has 4 radical (unpaired) electrons. The standard InChI is InChI=1S/2C23H26O5.2C16H21BO3/c2*1-4-18-23(3,5-2)19(27-20(24)16-12-8-6-9-13-16)22(26-18)28-21(25)17-14-10-7-11-15-17;2*1-4-12-16(3,5-2)13(14(17)19-12)20-15(18)11-9-7-6-8-10-11/h2*6-15,18-19,22H,4-5H2,1-3H3;2*6-10,12-14H,4-5H2,1-3H3/t2*18?,19-,22?,23-;2*12?,13-,14+,16-/m1010/s1. The third kappa shape index (κ3) is 17.6. The van der Waals surface area contributed by atoms with Crippen LogP contribution in [0.2, 0.25) is 0 Å². The Labute approximate surface area is 569 Å². The van der Waals surface area contributed by atoms with Crippen molar-refractivity contribution in [2.45, 2.75) is 208 Å². The van der Waals surface area contributed by atoms with E-state index in [9.17, 15) is 28.8 Å². The first kappa shape index (κ1) is 75.5. The van der Waals surface area contributed by atoms with Gasteiger partial charge >= 0.3 is 35.8 Å². The lowest BCUT2D eigenvalue weighted by Gasteiger charge is -2.33. The van der Waals surface area contributed by atoms with Crippen LogP contribution in [0.4, 0.5) is 0 Å². The summed E-state index contributed by atoms with van der Waals surface area (Å²) < 4.78 is 57.9. The van der Waals surface area contributed by atoms with Crippen molar-refractivity contribution in [2.24, 2.45) is 21.7 Å². The van der Waals surface area contributed by atoms with Crippen LogP contribution < -0.4 is 0 Å². The number of esters is 6. The zero-order valence-electron chi connectivity index (χ0n) is 57.6. The van der Waals surface area contributed by atoms with Crippen molar-refractivity contribution in [1.82, 2.24) is 0 Å². The maximum absolute atomic E-state index is 12.7. The lowest BCUT2D eigenvalue weighted by atomic mass is 9.73. The summed E-state index contributed by atoms with van der Waals surface area (Å²) >= 11 is 0. The molecule has 18 heteroatoms. The van der Waals surface area contributed by atoms with Gasteiger partial charge in [0.1, 0.15) is 27.9 Å². The van der Waals surface area contributed by atoms with Gasteiger partial charge < -0.3 is 47.4 Å². The van der Waals surface area contributed by atoms with Gasteiger partial charge in [0.05, 0.1) is 69.8 Å². The maximum atomic E-state index is 12.7. The van der Waals surface area contributed by atoms with Crippen molar-refractivity contribution >= 4 is 51.5 Å². The summed E-state index contributed by atoms with van der Waals surface area (Å²) in [6.45, 7) is 24.5. The number of carbonyl (C=O) groups is 6. The van der Waals surface area contributed by atoms with Crippen LogP contribution in [0.25, 0.3) is 0 Å². The first-order chi connectivity index (χ1) is 46.0. The van der Waals surface area contributed by atoms with Crippen LogP contribution in [0.1, 0.15) is 197 Å². The van der Waals surface area contributed by atoms with Crippen LogP contribution in [0.15, 0.2) is 182 Å². The monoisotopic (exact) mass is 1310 g/mol. The fraction of sp³-hybridized carbons (Fsp3) is 0.462. The van der Waals surface area contributed by atoms with Gasteiger partial charge in [0.15, 0.2) is 12.2 Å². The molecule has 4 heterocycles. The van der Waals surface area contributed by atoms with Gasteiger partial charge in [-0.1, -0.05) is 192 Å². The highest BCUT2D eigenvalue weighted by Crippen LogP contribution is 2.48. The SMILES string of the molecule is CCC1OC(OC(=O)c2ccccc2)[C@@H](OC(=O)c2ccccc2)[C@]1(C)CC.CCC1OC(OC(=O)c2ccccc2)[C@H](OC(=O)c2ccccc2)[C@@]1(C)CC.[B][C@@H]1OC(CC)[C@](C)(CC)[C@H]1OC(=O)c1ccccc1.[B][C@H]1OC(CC)[C@@](C)(CC)[C@@H]1OC(=O)c1ccccc1. The molecule has 0 aromatic heterocycles. The second-order valence-electron chi connectivity index (χ2n) is 25.5. The minimum Gasteiger partial charge on any atom is -0.456 e. The highest BCUT2D eigenvalue weighted by Gasteiger charge is 2.58. The molecule has 6 aromatic carbocycles. The Morgan fingerprint density at radius 1 is 0.292 bits per heavy atom. The van der Waals surface area contributed by atoms with Gasteiger partial charge in [0.2, 0.25) is 12.6 Å².